The van der Waals surface area contributed by atoms with Crippen molar-refractivity contribution in [3.8, 4) is 0 Å². The molecule has 1 radical (unpaired) electrons. The minimum absolute atomic E-state index is 0. The molecule has 3 aromatic rings. The van der Waals surface area contributed by atoms with Crippen LogP contribution in [0.15, 0.2) is 72.8 Å². The molecule has 0 fully saturated rings. The van der Waals surface area contributed by atoms with Gasteiger partial charge in [0.15, 0.2) is 0 Å². The Hall–Kier alpha value is -1.24. The van der Waals surface area contributed by atoms with E-state index in [9.17, 15) is 0 Å². The number of aryl methyl sites for hydroxylation is 2. The number of rotatable bonds is 3. The smallest absolute Gasteiger partial charge is 0.0203 e. The van der Waals surface area contributed by atoms with Crippen molar-refractivity contribution in [2.75, 3.05) is 0 Å². The van der Waals surface area contributed by atoms with Gasteiger partial charge in [0.2, 0.25) is 0 Å². The summed E-state index contributed by atoms with van der Waals surface area (Å²) in [5.74, 6) is 0. The molecular formula is C23H24Y-2. The van der Waals surface area contributed by atoms with Gasteiger partial charge in [-0.15, -0.1) is 5.56 Å². The van der Waals surface area contributed by atoms with Crippen molar-refractivity contribution in [2.45, 2.75) is 26.2 Å². The zero-order valence-corrected chi connectivity index (χ0v) is 17.8. The first kappa shape index (κ1) is 20.8. The summed E-state index contributed by atoms with van der Waals surface area (Å²) >= 11 is 0. The monoisotopic (exact) mass is 389 g/mol. The summed E-state index contributed by atoms with van der Waals surface area (Å²) in [4.78, 5) is 0. The molecule has 0 heterocycles. The molecule has 0 aliphatic heterocycles. The van der Waals surface area contributed by atoms with E-state index < -0.39 is 0 Å². The average molecular weight is 389 g/mol. The third kappa shape index (κ3) is 4.05. The number of hydrogen-bond acceptors (Lipinski definition) is 0. The molecule has 0 nitrogen and oxygen atoms in total. The minimum atomic E-state index is -0.156. The molecule has 0 spiro atoms. The summed E-state index contributed by atoms with van der Waals surface area (Å²) in [6.07, 6.45) is 0. The van der Waals surface area contributed by atoms with Crippen LogP contribution < -0.4 is 0 Å². The predicted octanol–water partition coefficient (Wildman–Crippen LogP) is 5.91. The molecule has 121 valence electrons. The van der Waals surface area contributed by atoms with E-state index in [1.807, 2.05) is 12.1 Å². The molecule has 0 atom stereocenters. The first-order valence-corrected chi connectivity index (χ1v) is 7.71. The van der Waals surface area contributed by atoms with E-state index in [1.165, 1.54) is 27.8 Å². The quantitative estimate of drug-likeness (QED) is 0.386. The van der Waals surface area contributed by atoms with E-state index >= 15 is 0 Å². The first-order chi connectivity index (χ1) is 10.6. The summed E-state index contributed by atoms with van der Waals surface area (Å²) in [5, 5.41) is 0. The third-order valence-corrected chi connectivity index (χ3v) is 4.55. The van der Waals surface area contributed by atoms with Gasteiger partial charge in [-0.25, -0.2) is 0 Å². The molecule has 0 N–H and O–H groups in total. The molecular weight excluding hydrogens is 365 g/mol. The summed E-state index contributed by atoms with van der Waals surface area (Å²) in [6.45, 7) is 6.56. The van der Waals surface area contributed by atoms with Crippen LogP contribution in [0.2, 0.25) is 0 Å². The third-order valence-electron chi connectivity index (χ3n) is 4.55. The summed E-state index contributed by atoms with van der Waals surface area (Å²) in [5.41, 5.74) is 6.34. The second-order valence-electron chi connectivity index (χ2n) is 6.15. The van der Waals surface area contributed by atoms with Crippen LogP contribution in [0.1, 0.15) is 34.7 Å². The van der Waals surface area contributed by atoms with E-state index in [0.29, 0.717) is 0 Å². The topological polar surface area (TPSA) is 0 Å². The summed E-state index contributed by atoms with van der Waals surface area (Å²) < 4.78 is 0. The molecule has 3 aromatic carbocycles. The second kappa shape index (κ2) is 8.74. The molecule has 0 saturated carbocycles. The summed E-state index contributed by atoms with van der Waals surface area (Å²) in [7, 11) is 0. The average Bonchev–Trinajstić information content (AvgIpc) is 2.56. The Kier molecular flexibility index (Phi) is 7.58. The fourth-order valence-corrected chi connectivity index (χ4v) is 2.99. The van der Waals surface area contributed by atoms with E-state index in [1.54, 1.807) is 0 Å². The van der Waals surface area contributed by atoms with Crippen molar-refractivity contribution in [3.05, 3.63) is 114 Å². The van der Waals surface area contributed by atoms with Gasteiger partial charge in [-0.05, 0) is 31.9 Å². The van der Waals surface area contributed by atoms with E-state index in [2.05, 4.69) is 87.5 Å². The van der Waals surface area contributed by atoms with E-state index in [0.717, 1.165) is 0 Å². The SMILES string of the molecule is Cc1ccc(C(C)(c2cc[c-]cc2)c2ccc(C)cc2)cc1.[CH3-].[Y]. The van der Waals surface area contributed by atoms with Crippen molar-refractivity contribution in [3.63, 3.8) is 0 Å². The Bertz CT molecular complexity index is 695. The standard InChI is InChI=1S/C22H21.CH3.Y/c1-17-9-13-20(14-10-17)22(3,19-7-5-4-6-8-19)21-15-11-18(2)12-16-21;;/h5-16H,1-3H3;1H3;/q2*-1;. The predicted molar refractivity (Wildman–Crippen MR) is 99.6 cm³/mol. The zero-order valence-electron chi connectivity index (χ0n) is 15.0. The van der Waals surface area contributed by atoms with Crippen molar-refractivity contribution >= 4 is 0 Å². The van der Waals surface area contributed by atoms with Crippen LogP contribution >= 0.6 is 0 Å². The molecule has 0 aliphatic rings. The first-order valence-electron chi connectivity index (χ1n) is 7.71. The van der Waals surface area contributed by atoms with Crippen molar-refractivity contribution in [1.29, 1.82) is 0 Å². The van der Waals surface area contributed by atoms with Gasteiger partial charge < -0.3 is 7.43 Å². The Morgan fingerprint density at radius 1 is 0.625 bits per heavy atom. The van der Waals surface area contributed by atoms with E-state index in [4.69, 9.17) is 0 Å². The van der Waals surface area contributed by atoms with Gasteiger partial charge in [0, 0.05) is 38.1 Å². The van der Waals surface area contributed by atoms with E-state index in [-0.39, 0.29) is 45.6 Å². The molecule has 0 aromatic heterocycles. The zero-order chi connectivity index (χ0) is 15.6. The Labute approximate surface area is 172 Å². The van der Waals surface area contributed by atoms with Crippen molar-refractivity contribution < 1.29 is 32.7 Å². The van der Waals surface area contributed by atoms with Crippen LogP contribution in [-0.2, 0) is 38.1 Å². The maximum Gasteiger partial charge on any atom is 0.0203 e. The number of hydrogen-bond donors (Lipinski definition) is 0. The van der Waals surface area contributed by atoms with Crippen LogP contribution in [0.5, 0.6) is 0 Å². The molecule has 3 rings (SSSR count). The minimum Gasteiger partial charge on any atom is -0.358 e. The van der Waals surface area contributed by atoms with Gasteiger partial charge in [0.1, 0.15) is 0 Å². The van der Waals surface area contributed by atoms with Gasteiger partial charge in [0.05, 0.1) is 0 Å². The normalized spacial score (nSPS) is 10.5. The van der Waals surface area contributed by atoms with Gasteiger partial charge >= 0.3 is 0 Å². The molecule has 24 heavy (non-hydrogen) atoms. The summed E-state index contributed by atoms with van der Waals surface area (Å²) in [6, 6.07) is 29.2. The maximum atomic E-state index is 3.13. The van der Waals surface area contributed by atoms with Crippen LogP contribution in [-0.4, -0.2) is 0 Å². The fourth-order valence-electron chi connectivity index (χ4n) is 2.99. The maximum absolute atomic E-state index is 3.13. The Morgan fingerprint density at radius 2 is 0.958 bits per heavy atom. The number of benzene rings is 3. The molecule has 0 bridgehead atoms. The van der Waals surface area contributed by atoms with Crippen LogP contribution in [0.4, 0.5) is 0 Å². The fraction of sp³-hybridized carbons (Fsp3) is 0.174. The molecule has 0 unspecified atom stereocenters. The molecule has 0 saturated heterocycles. The van der Waals surface area contributed by atoms with Crippen LogP contribution in [0.3, 0.4) is 0 Å². The van der Waals surface area contributed by atoms with Crippen LogP contribution in [0, 0.1) is 27.3 Å². The second-order valence-corrected chi connectivity index (χ2v) is 6.15. The van der Waals surface area contributed by atoms with Crippen molar-refractivity contribution in [1.82, 2.24) is 0 Å². The molecule has 0 aliphatic carbocycles. The molecule has 1 heteroatoms. The Morgan fingerprint density at radius 3 is 1.33 bits per heavy atom. The van der Waals surface area contributed by atoms with Gasteiger partial charge in [-0.1, -0.05) is 59.7 Å². The van der Waals surface area contributed by atoms with Crippen molar-refractivity contribution in [2.24, 2.45) is 0 Å². The van der Waals surface area contributed by atoms with Crippen LogP contribution in [0.25, 0.3) is 0 Å². The molecule has 0 amide bonds. The van der Waals surface area contributed by atoms with Gasteiger partial charge in [-0.3, -0.25) is 0 Å². The largest absolute Gasteiger partial charge is 0.358 e. The Balaban J connectivity index is 0.00000144. The van der Waals surface area contributed by atoms with Gasteiger partial charge in [0.25, 0.3) is 0 Å². The van der Waals surface area contributed by atoms with Gasteiger partial charge in [-0.2, -0.15) is 30.3 Å².